The maximum Gasteiger partial charge on any atom is 0.411 e. The number of carboxylic acid groups (broad SMARTS) is 2. The highest BCUT2D eigenvalue weighted by Crippen LogP contribution is 2.29. The molecule has 0 radical (unpaired) electrons. The molecule has 3 aromatic rings. The monoisotopic (exact) mass is 433 g/mol. The summed E-state index contributed by atoms with van der Waals surface area (Å²) in [4.78, 5) is 36.8. The number of ether oxygens (including phenoxy) is 1. The predicted octanol–water partition coefficient (Wildman–Crippen LogP) is 4.78. The number of amides is 1. The number of carboxylic acids is 2. The molecule has 1 aliphatic rings. The van der Waals surface area contributed by atoms with Gasteiger partial charge in [-0.15, -0.1) is 0 Å². The molecular weight excluding hydrogens is 410 g/mol. The molecule has 1 fully saturated rings. The first-order chi connectivity index (χ1) is 15.3. The van der Waals surface area contributed by atoms with Crippen molar-refractivity contribution in [3.8, 4) is 11.1 Å². The summed E-state index contributed by atoms with van der Waals surface area (Å²) in [5, 5.41) is 20.7. The van der Waals surface area contributed by atoms with E-state index in [1.54, 1.807) is 24.3 Å². The van der Waals surface area contributed by atoms with E-state index in [0.29, 0.717) is 5.56 Å². The van der Waals surface area contributed by atoms with Crippen molar-refractivity contribution in [1.29, 1.82) is 0 Å². The quantitative estimate of drug-likeness (QED) is 0.556. The van der Waals surface area contributed by atoms with Gasteiger partial charge in [-0.05, 0) is 65.4 Å². The van der Waals surface area contributed by atoms with Crippen LogP contribution in [0.25, 0.3) is 21.9 Å². The second-order valence-corrected chi connectivity index (χ2v) is 7.97. The van der Waals surface area contributed by atoms with Crippen LogP contribution < -0.4 is 0 Å². The largest absolute Gasteiger partial charge is 0.480 e. The summed E-state index contributed by atoms with van der Waals surface area (Å²) in [7, 11) is 0. The average Bonchev–Trinajstić information content (AvgIpc) is 3.60. The number of carbonyl (C=O) groups excluding carboxylic acids is 1. The minimum Gasteiger partial charge on any atom is -0.480 e. The van der Waals surface area contributed by atoms with Gasteiger partial charge in [0.1, 0.15) is 12.1 Å². The van der Waals surface area contributed by atoms with E-state index in [1.807, 2.05) is 36.4 Å². The highest BCUT2D eigenvalue weighted by atomic mass is 16.6. The van der Waals surface area contributed by atoms with Gasteiger partial charge in [-0.25, -0.2) is 14.4 Å². The van der Waals surface area contributed by atoms with Crippen molar-refractivity contribution >= 4 is 28.8 Å². The number of aromatic carboxylic acids is 1. The SMILES string of the molecule is C[C@@H](C(=O)O)N(Cc1ccc2cc(-c3ccccc3C(=O)O)ccc2c1)C(=O)OC1CC1. The van der Waals surface area contributed by atoms with Crippen LogP contribution in [-0.2, 0) is 16.1 Å². The topological polar surface area (TPSA) is 104 Å². The molecule has 0 aliphatic heterocycles. The zero-order chi connectivity index (χ0) is 22.8. The number of fused-ring (bicyclic) bond motifs is 1. The van der Waals surface area contributed by atoms with Crippen molar-refractivity contribution in [3.63, 3.8) is 0 Å². The van der Waals surface area contributed by atoms with E-state index in [0.717, 1.165) is 34.7 Å². The van der Waals surface area contributed by atoms with E-state index in [2.05, 4.69) is 0 Å². The molecule has 2 N–H and O–H groups in total. The first kappa shape index (κ1) is 21.4. The van der Waals surface area contributed by atoms with E-state index in [9.17, 15) is 24.6 Å². The van der Waals surface area contributed by atoms with Crippen LogP contribution >= 0.6 is 0 Å². The molecule has 1 atom stereocenters. The molecule has 7 heteroatoms. The number of hydrogen-bond donors (Lipinski definition) is 2. The molecule has 4 rings (SSSR count). The molecule has 1 saturated carbocycles. The van der Waals surface area contributed by atoms with Gasteiger partial charge < -0.3 is 14.9 Å². The van der Waals surface area contributed by atoms with Crippen molar-refractivity contribution in [1.82, 2.24) is 4.90 Å². The van der Waals surface area contributed by atoms with Crippen LogP contribution in [0.5, 0.6) is 0 Å². The summed E-state index contributed by atoms with van der Waals surface area (Å²) in [6.07, 6.45) is 0.882. The fourth-order valence-corrected chi connectivity index (χ4v) is 3.57. The van der Waals surface area contributed by atoms with E-state index >= 15 is 0 Å². The molecule has 3 aromatic carbocycles. The summed E-state index contributed by atoms with van der Waals surface area (Å²) in [6, 6.07) is 17.1. The lowest BCUT2D eigenvalue weighted by molar-refractivity contribution is -0.142. The van der Waals surface area contributed by atoms with Crippen LogP contribution in [0.15, 0.2) is 60.7 Å². The third-order valence-electron chi connectivity index (χ3n) is 5.58. The molecule has 164 valence electrons. The van der Waals surface area contributed by atoms with Crippen LogP contribution in [0.2, 0.25) is 0 Å². The maximum absolute atomic E-state index is 12.5. The number of carbonyl (C=O) groups is 3. The average molecular weight is 433 g/mol. The second kappa shape index (κ2) is 8.70. The van der Waals surface area contributed by atoms with Gasteiger partial charge in [-0.2, -0.15) is 0 Å². The highest BCUT2D eigenvalue weighted by molar-refractivity contribution is 5.98. The summed E-state index contributed by atoms with van der Waals surface area (Å²) >= 11 is 0. The fourth-order valence-electron chi connectivity index (χ4n) is 3.57. The number of rotatable bonds is 7. The third kappa shape index (κ3) is 4.56. The Balaban J connectivity index is 1.62. The van der Waals surface area contributed by atoms with E-state index in [4.69, 9.17) is 4.74 Å². The van der Waals surface area contributed by atoms with Gasteiger partial charge in [0, 0.05) is 6.54 Å². The summed E-state index contributed by atoms with van der Waals surface area (Å²) < 4.78 is 5.33. The van der Waals surface area contributed by atoms with Gasteiger partial charge in [0.15, 0.2) is 0 Å². The van der Waals surface area contributed by atoms with Crippen molar-refractivity contribution in [2.45, 2.75) is 38.5 Å². The van der Waals surface area contributed by atoms with E-state index in [-0.39, 0.29) is 18.2 Å². The number of nitrogens with zero attached hydrogens (tertiary/aromatic N) is 1. The Kier molecular flexibility index (Phi) is 5.81. The molecule has 32 heavy (non-hydrogen) atoms. The smallest absolute Gasteiger partial charge is 0.411 e. The van der Waals surface area contributed by atoms with Crippen LogP contribution in [0, 0.1) is 0 Å². The van der Waals surface area contributed by atoms with Crippen molar-refractivity contribution < 1.29 is 29.3 Å². The third-order valence-corrected chi connectivity index (χ3v) is 5.58. The molecule has 0 saturated heterocycles. The number of benzene rings is 3. The Morgan fingerprint density at radius 3 is 2.38 bits per heavy atom. The van der Waals surface area contributed by atoms with Crippen LogP contribution in [0.1, 0.15) is 35.7 Å². The van der Waals surface area contributed by atoms with Crippen LogP contribution in [0.4, 0.5) is 4.79 Å². The first-order valence-electron chi connectivity index (χ1n) is 10.4. The lowest BCUT2D eigenvalue weighted by Crippen LogP contribution is -2.43. The fraction of sp³-hybridized carbons (Fsp3) is 0.240. The van der Waals surface area contributed by atoms with Crippen LogP contribution in [0.3, 0.4) is 0 Å². The van der Waals surface area contributed by atoms with Gasteiger partial charge >= 0.3 is 18.0 Å². The Labute approximate surface area is 184 Å². The summed E-state index contributed by atoms with van der Waals surface area (Å²) in [5.41, 5.74) is 2.43. The maximum atomic E-state index is 12.5. The number of hydrogen-bond acceptors (Lipinski definition) is 4. The molecule has 0 unspecified atom stereocenters. The van der Waals surface area contributed by atoms with Gasteiger partial charge in [-0.1, -0.05) is 42.5 Å². The lowest BCUT2D eigenvalue weighted by atomic mass is 9.96. The Bertz CT molecular complexity index is 1200. The first-order valence-corrected chi connectivity index (χ1v) is 10.4. The minimum atomic E-state index is -1.10. The van der Waals surface area contributed by atoms with E-state index < -0.39 is 24.1 Å². The molecule has 1 amide bonds. The zero-order valence-electron chi connectivity index (χ0n) is 17.5. The Morgan fingerprint density at radius 2 is 1.69 bits per heavy atom. The number of aliphatic carboxylic acids is 1. The standard InChI is InChI=1S/C25H23NO6/c1-15(23(27)28)26(25(31)32-20-10-11-20)14-16-6-7-18-13-19(9-8-17(18)12-16)21-4-2-3-5-22(21)24(29)30/h2-9,12-13,15,20H,10-11,14H2,1H3,(H,27,28)(H,29,30)/t15-/m0/s1. The normalized spacial score (nSPS) is 14.0. The molecule has 0 heterocycles. The van der Waals surface area contributed by atoms with Gasteiger partial charge in [-0.3, -0.25) is 4.90 Å². The summed E-state index contributed by atoms with van der Waals surface area (Å²) in [5.74, 6) is -2.08. The van der Waals surface area contributed by atoms with Gasteiger partial charge in [0.25, 0.3) is 0 Å². The van der Waals surface area contributed by atoms with Crippen LogP contribution in [-0.4, -0.2) is 45.3 Å². The molecule has 0 spiro atoms. The predicted molar refractivity (Wildman–Crippen MR) is 118 cm³/mol. The molecular formula is C25H23NO6. The minimum absolute atomic E-state index is 0.110. The Hall–Kier alpha value is -3.87. The van der Waals surface area contributed by atoms with Gasteiger partial charge in [0.05, 0.1) is 5.56 Å². The highest BCUT2D eigenvalue weighted by Gasteiger charge is 2.32. The van der Waals surface area contributed by atoms with Crippen molar-refractivity contribution in [2.75, 3.05) is 0 Å². The molecule has 0 aromatic heterocycles. The lowest BCUT2D eigenvalue weighted by Gasteiger charge is -2.26. The van der Waals surface area contributed by atoms with E-state index in [1.165, 1.54) is 11.8 Å². The van der Waals surface area contributed by atoms with Crippen molar-refractivity contribution in [3.05, 3.63) is 71.8 Å². The van der Waals surface area contributed by atoms with Crippen molar-refractivity contribution in [2.24, 2.45) is 0 Å². The molecule has 0 bridgehead atoms. The molecule has 1 aliphatic carbocycles. The zero-order valence-corrected chi connectivity index (χ0v) is 17.5. The second-order valence-electron chi connectivity index (χ2n) is 7.97. The summed E-state index contributed by atoms with van der Waals surface area (Å²) in [6.45, 7) is 1.57. The Morgan fingerprint density at radius 1 is 1.00 bits per heavy atom. The molecule has 7 nitrogen and oxygen atoms in total. The van der Waals surface area contributed by atoms with Gasteiger partial charge in [0.2, 0.25) is 0 Å².